The smallest absolute Gasteiger partial charge is 0.0125 e. The molecule has 3 rings (SSSR count). The van der Waals surface area contributed by atoms with Crippen LogP contribution in [0.1, 0.15) is 36.3 Å². The lowest BCUT2D eigenvalue weighted by molar-refractivity contribution is 0.741. The van der Waals surface area contributed by atoms with Crippen molar-refractivity contribution < 1.29 is 0 Å². The highest BCUT2D eigenvalue weighted by molar-refractivity contribution is 5.43. The minimum Gasteiger partial charge on any atom is -0.0776 e. The third-order valence-electron chi connectivity index (χ3n) is 4.19. The molecule has 2 atom stereocenters. The lowest BCUT2D eigenvalue weighted by Gasteiger charge is -2.22. The quantitative estimate of drug-likeness (QED) is 0.647. The summed E-state index contributed by atoms with van der Waals surface area (Å²) in [5, 5.41) is 0. The molecular formula is C22H22. The summed E-state index contributed by atoms with van der Waals surface area (Å²) in [4.78, 5) is 0. The van der Waals surface area contributed by atoms with E-state index in [-0.39, 0.29) is 0 Å². The number of allylic oxidation sites excluding steroid dienone is 6. The van der Waals surface area contributed by atoms with Gasteiger partial charge in [0, 0.05) is 11.8 Å². The number of benzene rings is 2. The van der Waals surface area contributed by atoms with Crippen LogP contribution in [-0.4, -0.2) is 0 Å². The summed E-state index contributed by atoms with van der Waals surface area (Å²) in [5.41, 5.74) is 4.05. The van der Waals surface area contributed by atoms with E-state index in [0.717, 1.165) is 6.42 Å². The minimum absolute atomic E-state index is 0.377. The van der Waals surface area contributed by atoms with Crippen LogP contribution in [0.25, 0.3) is 0 Å². The van der Waals surface area contributed by atoms with Crippen molar-refractivity contribution >= 4 is 0 Å². The van der Waals surface area contributed by atoms with Crippen LogP contribution in [0, 0.1) is 0 Å². The van der Waals surface area contributed by atoms with Crippen LogP contribution in [-0.2, 0) is 0 Å². The van der Waals surface area contributed by atoms with Gasteiger partial charge in [0.15, 0.2) is 0 Å². The molecule has 0 heteroatoms. The van der Waals surface area contributed by atoms with E-state index in [1.807, 2.05) is 0 Å². The fraction of sp³-hybridized carbons (Fsp3) is 0.182. The Morgan fingerprint density at radius 1 is 0.727 bits per heavy atom. The standard InChI is InChI=1S/C22H22/c1-2-9-18-14-16-21(19-10-5-3-6-11-19)22(17-15-18)20-12-7-4-8-13-20/h3-17,21-22H,2H2,1H3/t21-,22-/m1/s1. The Labute approximate surface area is 133 Å². The van der Waals surface area contributed by atoms with Crippen LogP contribution in [0.2, 0.25) is 0 Å². The molecule has 0 bridgehead atoms. The lowest BCUT2D eigenvalue weighted by Crippen LogP contribution is -2.06. The third-order valence-corrected chi connectivity index (χ3v) is 4.19. The molecule has 22 heavy (non-hydrogen) atoms. The van der Waals surface area contributed by atoms with Gasteiger partial charge in [0.1, 0.15) is 0 Å². The predicted octanol–water partition coefficient (Wildman–Crippen LogP) is 6.02. The van der Waals surface area contributed by atoms with Crippen molar-refractivity contribution in [2.45, 2.75) is 25.2 Å². The summed E-state index contributed by atoms with van der Waals surface area (Å²) in [6, 6.07) is 21.6. The van der Waals surface area contributed by atoms with Crippen molar-refractivity contribution in [3.8, 4) is 0 Å². The van der Waals surface area contributed by atoms with E-state index in [9.17, 15) is 0 Å². The molecule has 0 aromatic heterocycles. The summed E-state index contributed by atoms with van der Waals surface area (Å²) in [5.74, 6) is 0.755. The lowest BCUT2D eigenvalue weighted by atomic mass is 9.81. The molecule has 2 aromatic carbocycles. The van der Waals surface area contributed by atoms with Gasteiger partial charge < -0.3 is 0 Å². The first kappa shape index (κ1) is 14.6. The number of hydrogen-bond donors (Lipinski definition) is 0. The fourth-order valence-electron chi connectivity index (χ4n) is 3.08. The molecule has 0 nitrogen and oxygen atoms in total. The Hall–Kier alpha value is -2.34. The zero-order chi connectivity index (χ0) is 15.2. The first-order valence-electron chi connectivity index (χ1n) is 8.05. The normalized spacial score (nSPS) is 20.7. The average Bonchev–Trinajstić information content (AvgIpc) is 2.80. The second-order valence-corrected chi connectivity index (χ2v) is 5.70. The molecule has 1 aliphatic carbocycles. The van der Waals surface area contributed by atoms with Gasteiger partial charge in [-0.2, -0.15) is 0 Å². The summed E-state index contributed by atoms with van der Waals surface area (Å²) >= 11 is 0. The summed E-state index contributed by atoms with van der Waals surface area (Å²) in [6.07, 6.45) is 12.6. The number of hydrogen-bond acceptors (Lipinski definition) is 0. The predicted molar refractivity (Wildman–Crippen MR) is 95.0 cm³/mol. The van der Waals surface area contributed by atoms with Gasteiger partial charge in [0.05, 0.1) is 0 Å². The Bertz CT molecular complexity index is 617. The van der Waals surface area contributed by atoms with Crippen molar-refractivity contribution in [1.29, 1.82) is 0 Å². The first-order chi connectivity index (χ1) is 10.9. The molecule has 0 N–H and O–H groups in total. The molecule has 0 amide bonds. The van der Waals surface area contributed by atoms with Crippen molar-refractivity contribution in [2.24, 2.45) is 0 Å². The molecule has 1 aliphatic rings. The van der Waals surface area contributed by atoms with Gasteiger partial charge in [-0.25, -0.2) is 0 Å². The molecule has 0 saturated heterocycles. The molecule has 0 unspecified atom stereocenters. The van der Waals surface area contributed by atoms with Crippen LogP contribution in [0.5, 0.6) is 0 Å². The summed E-state index contributed by atoms with van der Waals surface area (Å²) < 4.78 is 0. The van der Waals surface area contributed by atoms with Crippen LogP contribution in [0.4, 0.5) is 0 Å². The molecule has 0 spiro atoms. The molecular weight excluding hydrogens is 264 g/mol. The van der Waals surface area contributed by atoms with E-state index < -0.39 is 0 Å². The molecule has 110 valence electrons. The van der Waals surface area contributed by atoms with Gasteiger partial charge in [-0.1, -0.05) is 98.0 Å². The molecule has 0 fully saturated rings. The van der Waals surface area contributed by atoms with Crippen LogP contribution >= 0.6 is 0 Å². The first-order valence-corrected chi connectivity index (χ1v) is 8.05. The Balaban J connectivity index is 2.05. The molecule has 0 saturated carbocycles. The summed E-state index contributed by atoms with van der Waals surface area (Å²) in [7, 11) is 0. The fourth-order valence-corrected chi connectivity index (χ4v) is 3.08. The van der Waals surface area contributed by atoms with E-state index in [1.165, 1.54) is 16.7 Å². The van der Waals surface area contributed by atoms with Gasteiger partial charge in [0.25, 0.3) is 0 Å². The van der Waals surface area contributed by atoms with Crippen LogP contribution < -0.4 is 0 Å². The van der Waals surface area contributed by atoms with Crippen molar-refractivity contribution in [1.82, 2.24) is 0 Å². The van der Waals surface area contributed by atoms with Crippen LogP contribution in [0.15, 0.2) is 96.6 Å². The van der Waals surface area contributed by atoms with Gasteiger partial charge in [-0.15, -0.1) is 0 Å². The Kier molecular flexibility index (Phi) is 4.70. The van der Waals surface area contributed by atoms with Gasteiger partial charge in [-0.3, -0.25) is 0 Å². The maximum Gasteiger partial charge on any atom is 0.0125 e. The van der Waals surface area contributed by atoms with Gasteiger partial charge in [0.2, 0.25) is 0 Å². The van der Waals surface area contributed by atoms with E-state index >= 15 is 0 Å². The van der Waals surface area contributed by atoms with Crippen LogP contribution in [0.3, 0.4) is 0 Å². The van der Waals surface area contributed by atoms with E-state index in [1.54, 1.807) is 0 Å². The van der Waals surface area contributed by atoms with Crippen molar-refractivity contribution in [3.05, 3.63) is 108 Å². The maximum absolute atomic E-state index is 2.36. The third kappa shape index (κ3) is 3.28. The van der Waals surface area contributed by atoms with Crippen molar-refractivity contribution in [2.75, 3.05) is 0 Å². The average molecular weight is 286 g/mol. The highest BCUT2D eigenvalue weighted by Gasteiger charge is 2.21. The molecule has 0 aliphatic heterocycles. The van der Waals surface area contributed by atoms with E-state index in [0.29, 0.717) is 11.8 Å². The highest BCUT2D eigenvalue weighted by Crippen LogP contribution is 2.37. The highest BCUT2D eigenvalue weighted by atomic mass is 14.2. The minimum atomic E-state index is 0.377. The maximum atomic E-state index is 2.36. The molecule has 0 heterocycles. The Morgan fingerprint density at radius 2 is 1.18 bits per heavy atom. The molecule has 0 radical (unpaired) electrons. The topological polar surface area (TPSA) is 0 Å². The van der Waals surface area contributed by atoms with E-state index in [4.69, 9.17) is 0 Å². The Morgan fingerprint density at radius 3 is 1.59 bits per heavy atom. The van der Waals surface area contributed by atoms with E-state index in [2.05, 4.69) is 98.0 Å². The monoisotopic (exact) mass is 286 g/mol. The second kappa shape index (κ2) is 7.09. The summed E-state index contributed by atoms with van der Waals surface area (Å²) in [6.45, 7) is 2.18. The van der Waals surface area contributed by atoms with Gasteiger partial charge >= 0.3 is 0 Å². The van der Waals surface area contributed by atoms with Crippen molar-refractivity contribution in [3.63, 3.8) is 0 Å². The van der Waals surface area contributed by atoms with Gasteiger partial charge in [-0.05, 0) is 23.1 Å². The number of rotatable bonds is 3. The SMILES string of the molecule is CCC=C1C=C[C@H](c2ccccc2)[C@@H](c2ccccc2)C=C1. The zero-order valence-corrected chi connectivity index (χ0v) is 13.0. The molecule has 2 aromatic rings. The second-order valence-electron chi connectivity index (χ2n) is 5.70. The zero-order valence-electron chi connectivity index (χ0n) is 13.0. The largest absolute Gasteiger partial charge is 0.0776 e.